The van der Waals surface area contributed by atoms with Gasteiger partial charge in [-0.1, -0.05) is 12.1 Å². The van der Waals surface area contributed by atoms with Gasteiger partial charge in [0, 0.05) is 18.2 Å². The van der Waals surface area contributed by atoms with Crippen LogP contribution in [-0.4, -0.2) is 24.0 Å². The first-order chi connectivity index (χ1) is 11.9. The van der Waals surface area contributed by atoms with E-state index in [1.807, 2.05) is 0 Å². The Kier molecular flexibility index (Phi) is 5.83. The van der Waals surface area contributed by atoms with E-state index in [0.717, 1.165) is 11.6 Å². The first kappa shape index (κ1) is 18.1. The number of alkyl halides is 2. The zero-order valence-electron chi connectivity index (χ0n) is 12.9. The Labute approximate surface area is 141 Å². The number of nitro groups is 1. The summed E-state index contributed by atoms with van der Waals surface area (Å²) >= 11 is 0. The summed E-state index contributed by atoms with van der Waals surface area (Å²) in [7, 11) is 0. The molecule has 2 aromatic rings. The summed E-state index contributed by atoms with van der Waals surface area (Å²) in [6.07, 6.45) is 0.456. The maximum atomic E-state index is 12.1. The molecule has 0 heterocycles. The van der Waals surface area contributed by atoms with Crippen molar-refractivity contribution >= 4 is 17.3 Å². The molecule has 0 aliphatic heterocycles. The second-order valence-electron chi connectivity index (χ2n) is 5.06. The Balaban J connectivity index is 1.90. The summed E-state index contributed by atoms with van der Waals surface area (Å²) in [5, 5.41) is 13.5. The SMILES string of the molecule is Nc1ccc(C(=O)NCCc2ccc(OC(F)F)cc2)cc1[N+](=O)[O-]. The van der Waals surface area contributed by atoms with Crippen LogP contribution in [0, 0.1) is 10.1 Å². The van der Waals surface area contributed by atoms with Crippen molar-refractivity contribution in [2.24, 2.45) is 0 Å². The van der Waals surface area contributed by atoms with Crippen LogP contribution in [0.4, 0.5) is 20.2 Å². The predicted molar refractivity (Wildman–Crippen MR) is 86.6 cm³/mol. The minimum Gasteiger partial charge on any atom is -0.435 e. The van der Waals surface area contributed by atoms with Gasteiger partial charge in [0.2, 0.25) is 0 Å². The summed E-state index contributed by atoms with van der Waals surface area (Å²) in [4.78, 5) is 22.2. The maximum Gasteiger partial charge on any atom is 0.387 e. The van der Waals surface area contributed by atoms with Gasteiger partial charge < -0.3 is 15.8 Å². The number of nitro benzene ring substituents is 1. The highest BCUT2D eigenvalue weighted by Gasteiger charge is 2.15. The molecule has 9 heteroatoms. The van der Waals surface area contributed by atoms with Gasteiger partial charge in [-0.15, -0.1) is 0 Å². The summed E-state index contributed by atoms with van der Waals surface area (Å²) in [5.74, 6) is -0.419. The topological polar surface area (TPSA) is 107 Å². The molecule has 0 radical (unpaired) electrons. The molecule has 132 valence electrons. The van der Waals surface area contributed by atoms with Crippen molar-refractivity contribution < 1.29 is 23.2 Å². The van der Waals surface area contributed by atoms with Crippen LogP contribution in [0.2, 0.25) is 0 Å². The first-order valence-corrected chi connectivity index (χ1v) is 7.22. The molecule has 0 unspecified atom stereocenters. The molecule has 0 atom stereocenters. The molecule has 0 saturated heterocycles. The zero-order valence-corrected chi connectivity index (χ0v) is 12.9. The number of amides is 1. The molecule has 0 spiro atoms. The van der Waals surface area contributed by atoms with Crippen LogP contribution < -0.4 is 15.8 Å². The number of nitrogens with two attached hydrogens (primary N) is 1. The van der Waals surface area contributed by atoms with Gasteiger partial charge in [-0.25, -0.2) is 0 Å². The molecule has 0 aliphatic rings. The van der Waals surface area contributed by atoms with Gasteiger partial charge >= 0.3 is 6.61 Å². The van der Waals surface area contributed by atoms with Gasteiger partial charge in [0.1, 0.15) is 11.4 Å². The maximum absolute atomic E-state index is 12.1. The van der Waals surface area contributed by atoms with Crippen LogP contribution >= 0.6 is 0 Å². The number of nitrogens with one attached hydrogen (secondary N) is 1. The van der Waals surface area contributed by atoms with Crippen LogP contribution in [0.15, 0.2) is 42.5 Å². The van der Waals surface area contributed by atoms with Gasteiger partial charge in [-0.05, 0) is 36.2 Å². The van der Waals surface area contributed by atoms with Crippen molar-refractivity contribution in [3.63, 3.8) is 0 Å². The number of carbonyl (C=O) groups excluding carboxylic acids is 1. The molecule has 2 rings (SSSR count). The largest absolute Gasteiger partial charge is 0.435 e. The Hall–Kier alpha value is -3.23. The third kappa shape index (κ3) is 5.13. The fraction of sp³-hybridized carbons (Fsp3) is 0.188. The third-order valence-corrected chi connectivity index (χ3v) is 3.34. The van der Waals surface area contributed by atoms with Gasteiger partial charge in [0.05, 0.1) is 4.92 Å². The summed E-state index contributed by atoms with van der Waals surface area (Å²) < 4.78 is 28.4. The Bertz CT molecular complexity index is 766. The smallest absolute Gasteiger partial charge is 0.387 e. The van der Waals surface area contributed by atoms with Crippen molar-refractivity contribution in [3.05, 3.63) is 63.7 Å². The molecular formula is C16H15F2N3O4. The fourth-order valence-electron chi connectivity index (χ4n) is 2.10. The van der Waals surface area contributed by atoms with Gasteiger partial charge in [0.15, 0.2) is 0 Å². The molecule has 7 nitrogen and oxygen atoms in total. The number of hydrogen-bond acceptors (Lipinski definition) is 5. The molecule has 3 N–H and O–H groups in total. The molecule has 2 aromatic carbocycles. The summed E-state index contributed by atoms with van der Waals surface area (Å²) in [6, 6.07) is 9.85. The summed E-state index contributed by atoms with van der Waals surface area (Å²) in [5.41, 5.74) is 6.06. The van der Waals surface area contributed by atoms with Crippen molar-refractivity contribution in [2.75, 3.05) is 12.3 Å². The quantitative estimate of drug-likeness (QED) is 0.453. The van der Waals surface area contributed by atoms with Crippen LogP contribution in [0.25, 0.3) is 0 Å². The third-order valence-electron chi connectivity index (χ3n) is 3.34. The van der Waals surface area contributed by atoms with E-state index in [0.29, 0.717) is 6.42 Å². The molecule has 0 saturated carbocycles. The number of ether oxygens (including phenoxy) is 1. The monoisotopic (exact) mass is 351 g/mol. The Morgan fingerprint density at radius 2 is 1.92 bits per heavy atom. The lowest BCUT2D eigenvalue weighted by Crippen LogP contribution is -2.25. The predicted octanol–water partition coefficient (Wildman–Crippen LogP) is 2.75. The lowest BCUT2D eigenvalue weighted by atomic mass is 10.1. The van der Waals surface area contributed by atoms with E-state index in [2.05, 4.69) is 10.1 Å². The standard InChI is InChI=1S/C16H15F2N3O4/c17-16(18)25-12-4-1-10(2-5-12)7-8-20-15(22)11-3-6-13(19)14(9-11)21(23)24/h1-6,9,16H,7-8,19H2,(H,20,22). The number of hydrogen-bond donors (Lipinski definition) is 2. The van der Waals surface area contributed by atoms with E-state index >= 15 is 0 Å². The van der Waals surface area contributed by atoms with Crippen molar-refractivity contribution in [1.29, 1.82) is 0 Å². The van der Waals surface area contributed by atoms with E-state index in [-0.39, 0.29) is 29.2 Å². The highest BCUT2D eigenvalue weighted by Crippen LogP contribution is 2.22. The molecule has 0 bridgehead atoms. The summed E-state index contributed by atoms with van der Waals surface area (Å²) in [6.45, 7) is -2.61. The zero-order chi connectivity index (χ0) is 18.4. The molecule has 1 amide bonds. The minimum absolute atomic E-state index is 0.0207. The second kappa shape index (κ2) is 8.04. The highest BCUT2D eigenvalue weighted by molar-refractivity contribution is 5.95. The van der Waals surface area contributed by atoms with Crippen LogP contribution in [0.1, 0.15) is 15.9 Å². The van der Waals surface area contributed by atoms with Crippen molar-refractivity contribution in [2.45, 2.75) is 13.0 Å². The lowest BCUT2D eigenvalue weighted by Gasteiger charge is -2.08. The first-order valence-electron chi connectivity index (χ1n) is 7.22. The van der Waals surface area contributed by atoms with Crippen molar-refractivity contribution in [3.8, 4) is 5.75 Å². The normalized spacial score (nSPS) is 10.5. The molecule has 0 fully saturated rings. The average molecular weight is 351 g/mol. The van der Waals surface area contributed by atoms with E-state index in [9.17, 15) is 23.7 Å². The Morgan fingerprint density at radius 1 is 1.24 bits per heavy atom. The van der Waals surface area contributed by atoms with E-state index in [1.165, 1.54) is 24.3 Å². The van der Waals surface area contributed by atoms with Gasteiger partial charge in [-0.2, -0.15) is 8.78 Å². The molecular weight excluding hydrogens is 336 g/mol. The number of benzene rings is 2. The van der Waals surface area contributed by atoms with E-state index in [1.54, 1.807) is 12.1 Å². The van der Waals surface area contributed by atoms with Crippen LogP contribution in [0.5, 0.6) is 5.75 Å². The lowest BCUT2D eigenvalue weighted by molar-refractivity contribution is -0.383. The molecule has 25 heavy (non-hydrogen) atoms. The van der Waals surface area contributed by atoms with Gasteiger partial charge in [0.25, 0.3) is 11.6 Å². The number of nitrogens with zero attached hydrogens (tertiary/aromatic N) is 1. The Morgan fingerprint density at radius 3 is 2.52 bits per heavy atom. The van der Waals surface area contributed by atoms with E-state index < -0.39 is 17.4 Å². The molecule has 0 aliphatic carbocycles. The number of rotatable bonds is 7. The minimum atomic E-state index is -2.88. The number of halogens is 2. The number of nitrogen functional groups attached to an aromatic ring is 1. The van der Waals surface area contributed by atoms with Crippen LogP contribution in [-0.2, 0) is 6.42 Å². The fourth-order valence-corrected chi connectivity index (χ4v) is 2.10. The average Bonchev–Trinajstić information content (AvgIpc) is 2.56. The van der Waals surface area contributed by atoms with Gasteiger partial charge in [-0.3, -0.25) is 14.9 Å². The number of carbonyl (C=O) groups is 1. The second-order valence-corrected chi connectivity index (χ2v) is 5.06. The van der Waals surface area contributed by atoms with E-state index in [4.69, 9.17) is 5.73 Å². The van der Waals surface area contributed by atoms with Crippen LogP contribution in [0.3, 0.4) is 0 Å². The highest BCUT2D eigenvalue weighted by atomic mass is 19.3. The number of anilines is 1. The molecule has 0 aromatic heterocycles. The van der Waals surface area contributed by atoms with Crippen molar-refractivity contribution in [1.82, 2.24) is 5.32 Å².